The molecule has 0 saturated carbocycles. The van der Waals surface area contributed by atoms with Gasteiger partial charge in [0.1, 0.15) is 17.7 Å². The Balaban J connectivity index is 1.36. The van der Waals surface area contributed by atoms with Crippen LogP contribution in [-0.2, 0) is 0 Å². The van der Waals surface area contributed by atoms with E-state index < -0.39 is 0 Å². The van der Waals surface area contributed by atoms with Crippen LogP contribution in [0.3, 0.4) is 0 Å². The van der Waals surface area contributed by atoms with Gasteiger partial charge in [-0.2, -0.15) is 4.98 Å². The van der Waals surface area contributed by atoms with E-state index in [9.17, 15) is 4.79 Å². The third-order valence-electron chi connectivity index (χ3n) is 5.93. The quantitative estimate of drug-likeness (QED) is 0.455. The Hall–Kier alpha value is -4.13. The number of rotatable bonds is 6. The van der Waals surface area contributed by atoms with Crippen LogP contribution in [0.1, 0.15) is 28.9 Å². The maximum absolute atomic E-state index is 13.7. The molecule has 0 unspecified atom stereocenters. The van der Waals surface area contributed by atoms with Crippen molar-refractivity contribution >= 4 is 23.7 Å². The van der Waals surface area contributed by atoms with Crippen molar-refractivity contribution in [3.05, 3.63) is 90.5 Å². The van der Waals surface area contributed by atoms with Crippen LogP contribution in [-0.4, -0.2) is 45.5 Å². The highest BCUT2D eigenvalue weighted by Crippen LogP contribution is 2.28. The van der Waals surface area contributed by atoms with E-state index in [1.54, 1.807) is 29.2 Å². The van der Waals surface area contributed by atoms with E-state index in [2.05, 4.69) is 9.98 Å². The van der Waals surface area contributed by atoms with Crippen LogP contribution in [0.5, 0.6) is 0 Å². The number of aliphatic imine (C=N–C) groups is 1. The van der Waals surface area contributed by atoms with Gasteiger partial charge in [0.2, 0.25) is 0 Å². The lowest BCUT2D eigenvalue weighted by Gasteiger charge is -2.23. The van der Waals surface area contributed by atoms with Crippen LogP contribution >= 0.6 is 0 Å². The number of nitrogens with zero attached hydrogens (tertiary/aromatic N) is 4. The summed E-state index contributed by atoms with van der Waals surface area (Å²) in [4.78, 5) is 24.7. The first-order valence-corrected chi connectivity index (χ1v) is 11.1. The number of likely N-dealkylation sites (tertiary alicyclic amines) is 1. The molecule has 5 rings (SSSR count). The molecule has 0 radical (unpaired) electrons. The van der Waals surface area contributed by atoms with Crippen LogP contribution in [0, 0.1) is 0 Å². The Kier molecular flexibility index (Phi) is 5.76. The van der Waals surface area contributed by atoms with E-state index in [1.807, 2.05) is 65.6 Å². The first-order chi connectivity index (χ1) is 16.2. The number of imidazole rings is 1. The third kappa shape index (κ3) is 4.17. The summed E-state index contributed by atoms with van der Waals surface area (Å²) in [6.45, 7) is 1.22. The molecule has 2 aromatic carbocycles. The van der Waals surface area contributed by atoms with Gasteiger partial charge in [-0.1, -0.05) is 60.7 Å². The highest BCUT2D eigenvalue weighted by atomic mass is 16.3. The van der Waals surface area contributed by atoms with Gasteiger partial charge in [-0.25, -0.2) is 0 Å². The molecule has 2 aromatic heterocycles. The average Bonchev–Trinajstić information content (AvgIpc) is 3.58. The predicted octanol–water partition coefficient (Wildman–Crippen LogP) is 4.27. The molecule has 1 amide bonds. The number of oxazole rings is 1. The summed E-state index contributed by atoms with van der Waals surface area (Å²) < 4.78 is 7.21. The van der Waals surface area contributed by atoms with E-state index in [-0.39, 0.29) is 11.9 Å². The van der Waals surface area contributed by atoms with Gasteiger partial charge in [-0.3, -0.25) is 14.2 Å². The molecule has 1 aliphatic rings. The second-order valence-corrected chi connectivity index (χ2v) is 8.03. The second-order valence-electron chi connectivity index (χ2n) is 8.03. The van der Waals surface area contributed by atoms with E-state index in [0.29, 0.717) is 36.0 Å². The van der Waals surface area contributed by atoms with Crippen molar-refractivity contribution in [2.45, 2.75) is 18.9 Å². The van der Waals surface area contributed by atoms with Crippen molar-refractivity contribution in [3.63, 3.8) is 0 Å². The maximum Gasteiger partial charge on any atom is 0.306 e. The molecular formula is C26H25N5O2. The lowest BCUT2D eigenvalue weighted by atomic mass is 10.1. The van der Waals surface area contributed by atoms with Crippen LogP contribution in [0.25, 0.3) is 22.8 Å². The van der Waals surface area contributed by atoms with Crippen molar-refractivity contribution < 1.29 is 9.21 Å². The molecule has 3 heterocycles. The average molecular weight is 440 g/mol. The summed E-state index contributed by atoms with van der Waals surface area (Å²) in [5, 5.41) is 0. The van der Waals surface area contributed by atoms with Gasteiger partial charge in [0.25, 0.3) is 5.91 Å². The Morgan fingerprint density at radius 3 is 2.70 bits per heavy atom. The van der Waals surface area contributed by atoms with Crippen molar-refractivity contribution in [1.29, 1.82) is 0 Å². The predicted molar refractivity (Wildman–Crippen MR) is 129 cm³/mol. The van der Waals surface area contributed by atoms with Crippen molar-refractivity contribution in [2.24, 2.45) is 10.7 Å². The Bertz CT molecular complexity index is 1300. The molecule has 0 aliphatic carbocycles. The lowest BCUT2D eigenvalue weighted by molar-refractivity contribution is 0.0735. The molecule has 0 bridgehead atoms. The fourth-order valence-electron chi connectivity index (χ4n) is 4.26. The summed E-state index contributed by atoms with van der Waals surface area (Å²) in [5.74, 6) is 0.354. The number of fused-ring (bicyclic) bond motifs is 1. The van der Waals surface area contributed by atoms with Gasteiger partial charge in [-0.15, -0.1) is 0 Å². The minimum atomic E-state index is -0.0557. The zero-order valence-electron chi connectivity index (χ0n) is 18.2. The number of hydrogen-bond acceptors (Lipinski definition) is 5. The van der Waals surface area contributed by atoms with Gasteiger partial charge in [0.15, 0.2) is 0 Å². The number of aromatic nitrogens is 2. The van der Waals surface area contributed by atoms with Gasteiger partial charge >= 0.3 is 5.84 Å². The molecule has 1 aliphatic heterocycles. The minimum absolute atomic E-state index is 0.0289. The number of hydrogen-bond donors (Lipinski definition) is 1. The SMILES string of the molecule is N/C(=C\C=NC[C@@H]1CCCN1C(=O)c1c(-c2ccccc2)nc2occn12)c1ccccc1. The molecule has 7 nitrogen and oxygen atoms in total. The molecule has 0 spiro atoms. The highest BCUT2D eigenvalue weighted by molar-refractivity contribution is 5.99. The third-order valence-corrected chi connectivity index (χ3v) is 5.93. The summed E-state index contributed by atoms with van der Waals surface area (Å²) in [6.07, 6.45) is 8.67. The summed E-state index contributed by atoms with van der Waals surface area (Å²) >= 11 is 0. The number of nitrogens with two attached hydrogens (primary N) is 1. The Labute approximate surface area is 191 Å². The standard InChI is InChI=1S/C26H25N5O2/c27-22(19-8-3-1-4-9-19)13-14-28-18-21-12-7-15-30(21)25(32)24-23(20-10-5-2-6-11-20)29-26-31(24)16-17-33-26/h1-6,8-11,13-14,16-17,21H,7,12,15,18,27H2/b22-13-,28-14?/t21-/m0/s1. The maximum atomic E-state index is 13.7. The van der Waals surface area contributed by atoms with Gasteiger partial charge in [0, 0.05) is 30.2 Å². The molecule has 4 aromatic rings. The van der Waals surface area contributed by atoms with E-state index in [0.717, 1.165) is 24.0 Å². The monoisotopic (exact) mass is 439 g/mol. The topological polar surface area (TPSA) is 89.1 Å². The first-order valence-electron chi connectivity index (χ1n) is 11.1. The summed E-state index contributed by atoms with van der Waals surface area (Å²) in [6, 6.07) is 19.5. The molecule has 33 heavy (non-hydrogen) atoms. The molecule has 166 valence electrons. The van der Waals surface area contributed by atoms with Crippen molar-refractivity contribution in [3.8, 4) is 11.3 Å². The Morgan fingerprint density at radius 2 is 1.91 bits per heavy atom. The number of amides is 1. The largest absolute Gasteiger partial charge is 0.432 e. The van der Waals surface area contributed by atoms with Crippen LogP contribution < -0.4 is 5.73 Å². The van der Waals surface area contributed by atoms with Crippen LogP contribution in [0.15, 0.2) is 88.6 Å². The van der Waals surface area contributed by atoms with Gasteiger partial charge in [-0.05, 0) is 24.5 Å². The smallest absolute Gasteiger partial charge is 0.306 e. The fraction of sp³-hybridized carbons (Fsp3) is 0.192. The van der Waals surface area contributed by atoms with Crippen LogP contribution in [0.4, 0.5) is 0 Å². The first kappa shape index (κ1) is 20.8. The van der Waals surface area contributed by atoms with Crippen LogP contribution in [0.2, 0.25) is 0 Å². The Morgan fingerprint density at radius 1 is 1.15 bits per heavy atom. The van der Waals surface area contributed by atoms with E-state index in [4.69, 9.17) is 10.2 Å². The molecular weight excluding hydrogens is 414 g/mol. The van der Waals surface area contributed by atoms with Gasteiger partial charge in [0.05, 0.1) is 12.6 Å². The van der Waals surface area contributed by atoms with E-state index in [1.165, 1.54) is 0 Å². The van der Waals surface area contributed by atoms with Gasteiger partial charge < -0.3 is 15.1 Å². The zero-order chi connectivity index (χ0) is 22.6. The zero-order valence-corrected chi connectivity index (χ0v) is 18.2. The summed E-state index contributed by atoms with van der Waals surface area (Å²) in [7, 11) is 0. The molecule has 1 atom stereocenters. The molecule has 1 fully saturated rings. The molecule has 2 N–H and O–H groups in total. The van der Waals surface area contributed by atoms with Crippen molar-refractivity contribution in [1.82, 2.24) is 14.3 Å². The highest BCUT2D eigenvalue weighted by Gasteiger charge is 2.33. The molecule has 7 heteroatoms. The molecule has 1 saturated heterocycles. The fourth-order valence-corrected chi connectivity index (χ4v) is 4.26. The van der Waals surface area contributed by atoms with Crippen molar-refractivity contribution in [2.75, 3.05) is 13.1 Å². The lowest BCUT2D eigenvalue weighted by Crippen LogP contribution is -2.38. The number of carbonyl (C=O) groups is 1. The minimum Gasteiger partial charge on any atom is -0.432 e. The number of benzene rings is 2. The second kappa shape index (κ2) is 9.16. The number of allylic oxidation sites excluding steroid dienone is 1. The number of carbonyl (C=O) groups excluding carboxylic acids is 1. The van der Waals surface area contributed by atoms with E-state index >= 15 is 0 Å². The summed E-state index contributed by atoms with van der Waals surface area (Å²) in [5.41, 5.74) is 9.79. The normalized spacial score (nSPS) is 16.8.